The number of ether oxygens (including phenoxy) is 1. The van der Waals surface area contributed by atoms with Crippen molar-refractivity contribution in [2.45, 2.75) is 36.7 Å². The molecule has 4 aromatic rings. The summed E-state index contributed by atoms with van der Waals surface area (Å²) in [6, 6.07) is 10.5. The number of carbonyl (C=O) groups is 1. The van der Waals surface area contributed by atoms with E-state index in [9.17, 15) is 27.1 Å². The number of nitrogens with zero attached hydrogens (tertiary/aromatic N) is 6. The summed E-state index contributed by atoms with van der Waals surface area (Å²) < 4.78 is 58.4. The van der Waals surface area contributed by atoms with Crippen LogP contribution in [0.2, 0.25) is 0 Å². The molecule has 2 aromatic heterocycles. The van der Waals surface area contributed by atoms with Crippen LogP contribution in [0.25, 0.3) is 16.9 Å². The van der Waals surface area contributed by atoms with Crippen molar-refractivity contribution in [2.75, 3.05) is 31.6 Å². The van der Waals surface area contributed by atoms with Crippen LogP contribution in [-0.4, -0.2) is 76.5 Å². The molecule has 1 atom stereocenters. The molecule has 0 amide bonds. The normalized spacial score (nSPS) is 15.9. The number of sulfonamides is 1. The quantitative estimate of drug-likeness (QED) is 0.305. The maximum Gasteiger partial charge on any atom is 0.323 e. The fourth-order valence-corrected chi connectivity index (χ4v) is 5.89. The number of methoxy groups -OCH3 is 1. The maximum absolute atomic E-state index is 13.1. The van der Waals surface area contributed by atoms with E-state index in [1.165, 1.54) is 69.2 Å². The third-order valence-electron chi connectivity index (χ3n) is 6.84. The van der Waals surface area contributed by atoms with Gasteiger partial charge in [0.25, 0.3) is 5.92 Å². The van der Waals surface area contributed by atoms with Crippen LogP contribution in [0.5, 0.6) is 5.75 Å². The summed E-state index contributed by atoms with van der Waals surface area (Å²) in [5.74, 6) is -3.05. The Kier molecular flexibility index (Phi) is 9.78. The molecule has 0 saturated carbocycles. The largest absolute Gasteiger partial charge is 0.674 e. The van der Waals surface area contributed by atoms with E-state index < -0.39 is 28.0 Å². The number of alkyl halides is 2. The molecule has 1 fully saturated rings. The van der Waals surface area contributed by atoms with Crippen molar-refractivity contribution in [3.8, 4) is 5.75 Å². The second-order valence-electron chi connectivity index (χ2n) is 9.48. The number of benzene rings is 2. The van der Waals surface area contributed by atoms with Gasteiger partial charge in [0.05, 0.1) is 24.4 Å². The predicted octanol–water partition coefficient (Wildman–Crippen LogP) is 4.13. The lowest BCUT2D eigenvalue weighted by Crippen LogP contribution is -2.58. The number of nitrogens with one attached hydrogen (secondary N) is 1. The lowest BCUT2D eigenvalue weighted by Gasteiger charge is -2.38. The highest BCUT2D eigenvalue weighted by molar-refractivity contribution is 7.89. The van der Waals surface area contributed by atoms with Gasteiger partial charge in [-0.2, -0.15) is 4.31 Å². The van der Waals surface area contributed by atoms with Gasteiger partial charge in [-0.15, -0.1) is 6.54 Å². The summed E-state index contributed by atoms with van der Waals surface area (Å²) in [7, 11) is -2.53. The van der Waals surface area contributed by atoms with Crippen LogP contribution in [0.4, 0.5) is 14.6 Å². The Labute approximate surface area is 247 Å². The van der Waals surface area contributed by atoms with Crippen molar-refractivity contribution in [3.63, 3.8) is 0 Å². The van der Waals surface area contributed by atoms with Crippen molar-refractivity contribution in [2.24, 2.45) is 0 Å². The minimum atomic E-state index is -4.01. The van der Waals surface area contributed by atoms with Gasteiger partial charge in [-0.3, -0.25) is 4.79 Å². The first kappa shape index (κ1) is 31.6. The first-order valence-electron chi connectivity index (χ1n) is 13.2. The molecule has 43 heavy (non-hydrogen) atoms. The van der Waals surface area contributed by atoms with Gasteiger partial charge in [0.15, 0.2) is 5.65 Å². The molecule has 0 radical (unpaired) electrons. The Balaban J connectivity index is 0.000000273. The molecule has 1 aliphatic heterocycles. The van der Waals surface area contributed by atoms with Crippen LogP contribution < -0.4 is 9.64 Å². The summed E-state index contributed by atoms with van der Waals surface area (Å²) in [5, 5.41) is 9.73. The highest BCUT2D eigenvalue weighted by Gasteiger charge is 2.40. The summed E-state index contributed by atoms with van der Waals surface area (Å²) in [6.07, 6.45) is 4.18. The number of halogens is 2. The van der Waals surface area contributed by atoms with Gasteiger partial charge < -0.3 is 20.5 Å². The Bertz CT molecular complexity index is 1660. The van der Waals surface area contributed by atoms with Crippen LogP contribution in [0.3, 0.4) is 0 Å². The SMILES string of the molecule is CCC(F)(F)c1ccc(C[NH-])cc1.COc1ccc(S(=O)(=O)N2CCN(c3cnc4cncnc4n3)C[C@@H]2C(=O)O)cc1. The molecule has 0 spiro atoms. The van der Waals surface area contributed by atoms with E-state index >= 15 is 0 Å². The molecule has 12 nitrogen and oxygen atoms in total. The first-order chi connectivity index (χ1) is 20.5. The van der Waals surface area contributed by atoms with Gasteiger partial charge in [-0.25, -0.2) is 37.1 Å². The van der Waals surface area contributed by atoms with Crippen molar-refractivity contribution in [3.05, 3.63) is 84.1 Å². The van der Waals surface area contributed by atoms with E-state index in [1.807, 2.05) is 0 Å². The van der Waals surface area contributed by atoms with Gasteiger partial charge in [-0.1, -0.05) is 36.8 Å². The van der Waals surface area contributed by atoms with E-state index in [4.69, 9.17) is 10.5 Å². The molecular formula is C28H30F2N7O5S-. The molecular weight excluding hydrogens is 584 g/mol. The van der Waals surface area contributed by atoms with Gasteiger partial charge >= 0.3 is 5.97 Å². The van der Waals surface area contributed by atoms with Crippen LogP contribution in [0.15, 0.2) is 72.1 Å². The van der Waals surface area contributed by atoms with Crippen molar-refractivity contribution < 1.29 is 31.8 Å². The topological polar surface area (TPSA) is 163 Å². The van der Waals surface area contributed by atoms with Crippen LogP contribution in [0.1, 0.15) is 24.5 Å². The fraction of sp³-hybridized carbons (Fsp3) is 0.321. The van der Waals surface area contributed by atoms with E-state index in [1.54, 1.807) is 17.0 Å². The fourth-order valence-electron chi connectivity index (χ4n) is 4.33. The Morgan fingerprint density at radius 3 is 2.40 bits per heavy atom. The molecule has 1 aliphatic rings. The van der Waals surface area contributed by atoms with Gasteiger partial charge in [0.2, 0.25) is 10.0 Å². The highest BCUT2D eigenvalue weighted by atomic mass is 32.2. The number of hydrogen-bond donors (Lipinski definition) is 1. The minimum Gasteiger partial charge on any atom is -0.674 e. The molecule has 228 valence electrons. The molecule has 0 unspecified atom stereocenters. The zero-order valence-electron chi connectivity index (χ0n) is 23.4. The summed E-state index contributed by atoms with van der Waals surface area (Å²) in [6.45, 7) is 1.76. The summed E-state index contributed by atoms with van der Waals surface area (Å²) in [4.78, 5) is 30.2. The van der Waals surface area contributed by atoms with Crippen LogP contribution in [-0.2, 0) is 27.3 Å². The molecule has 3 heterocycles. The van der Waals surface area contributed by atoms with Crippen molar-refractivity contribution in [1.82, 2.24) is 24.2 Å². The van der Waals surface area contributed by atoms with Crippen LogP contribution >= 0.6 is 0 Å². The van der Waals surface area contributed by atoms with Gasteiger partial charge in [0.1, 0.15) is 29.5 Å². The average molecular weight is 615 g/mol. The second-order valence-corrected chi connectivity index (χ2v) is 11.4. The number of fused-ring (bicyclic) bond motifs is 1. The Morgan fingerprint density at radius 1 is 1.09 bits per heavy atom. The molecule has 2 N–H and O–H groups in total. The smallest absolute Gasteiger partial charge is 0.323 e. The summed E-state index contributed by atoms with van der Waals surface area (Å²) in [5.41, 5.74) is 8.71. The Hall–Kier alpha value is -4.34. The minimum absolute atomic E-state index is 0.00481. The number of hydrogen-bond acceptors (Lipinski definition) is 9. The first-order valence-corrected chi connectivity index (χ1v) is 14.6. The lowest BCUT2D eigenvalue weighted by molar-refractivity contribution is -0.141. The lowest BCUT2D eigenvalue weighted by atomic mass is 10.0. The van der Waals surface area contributed by atoms with Gasteiger partial charge in [-0.05, 0) is 24.3 Å². The standard InChI is InChI=1S/C18H18N6O5S.C10H12F2N/c1-29-12-2-4-13(5-3-12)30(27,28)24-7-6-23(10-15(24)18(25)26)16-9-20-14-8-19-11-21-17(14)22-16;1-2-10(11,12)9-5-3-8(7-13)4-6-9/h2-5,8-9,11,15H,6-7,10H2,1H3,(H,25,26);3-6,13H,2,7H2,1H3/q;-1/t15-;/m1./s1. The van der Waals surface area contributed by atoms with Crippen LogP contribution in [0, 0.1) is 0 Å². The third-order valence-corrected chi connectivity index (χ3v) is 8.77. The Morgan fingerprint density at radius 2 is 1.79 bits per heavy atom. The molecule has 1 saturated heterocycles. The molecule has 5 rings (SSSR count). The van der Waals surface area contributed by atoms with Gasteiger partial charge in [0, 0.05) is 31.6 Å². The number of aromatic nitrogens is 4. The van der Waals surface area contributed by atoms with E-state index in [0.29, 0.717) is 22.7 Å². The molecule has 2 aromatic carbocycles. The van der Waals surface area contributed by atoms with E-state index in [2.05, 4.69) is 19.9 Å². The second kappa shape index (κ2) is 13.3. The number of rotatable bonds is 8. The summed E-state index contributed by atoms with van der Waals surface area (Å²) >= 11 is 0. The third kappa shape index (κ3) is 7.18. The van der Waals surface area contributed by atoms with Crippen molar-refractivity contribution in [1.29, 1.82) is 0 Å². The zero-order chi connectivity index (χ0) is 31.2. The van der Waals surface area contributed by atoms with E-state index in [0.717, 1.165) is 9.87 Å². The maximum atomic E-state index is 13.1. The number of carboxylic acid groups (broad SMARTS) is 1. The number of piperazine rings is 1. The predicted molar refractivity (Wildman–Crippen MR) is 154 cm³/mol. The molecule has 15 heteroatoms. The van der Waals surface area contributed by atoms with E-state index in [-0.39, 0.29) is 43.1 Å². The number of aliphatic carboxylic acids is 1. The molecule has 0 bridgehead atoms. The number of carboxylic acids is 1. The van der Waals surface area contributed by atoms with Crippen molar-refractivity contribution >= 4 is 33.0 Å². The monoisotopic (exact) mass is 614 g/mol. The molecule has 0 aliphatic carbocycles. The highest BCUT2D eigenvalue weighted by Crippen LogP contribution is 2.31. The number of anilines is 1. The average Bonchev–Trinajstić information content (AvgIpc) is 3.04. The zero-order valence-corrected chi connectivity index (χ0v) is 24.2.